The van der Waals surface area contributed by atoms with E-state index >= 15 is 0 Å². The van der Waals surface area contributed by atoms with Crippen LogP contribution in [0.4, 0.5) is 11.4 Å². The summed E-state index contributed by atoms with van der Waals surface area (Å²) < 4.78 is 0. The maximum absolute atomic E-state index is 12.6. The molecule has 2 atom stereocenters. The Bertz CT molecular complexity index is 927. The van der Waals surface area contributed by atoms with E-state index in [4.69, 9.17) is 0 Å². The molecule has 0 unspecified atom stereocenters. The van der Waals surface area contributed by atoms with E-state index in [2.05, 4.69) is 16.0 Å². The molecule has 3 N–H and O–H groups in total. The molecule has 33 heavy (non-hydrogen) atoms. The van der Waals surface area contributed by atoms with Gasteiger partial charge in [0.15, 0.2) is 0 Å². The first-order valence-electron chi connectivity index (χ1n) is 10.6. The van der Waals surface area contributed by atoms with Gasteiger partial charge in [-0.15, -0.1) is 0 Å². The van der Waals surface area contributed by atoms with E-state index in [9.17, 15) is 29.8 Å². The van der Waals surface area contributed by atoms with Gasteiger partial charge >= 0.3 is 0 Å². The number of nitro benzene ring substituents is 2. The van der Waals surface area contributed by atoms with Crippen LogP contribution in [0.25, 0.3) is 0 Å². The van der Waals surface area contributed by atoms with Crippen molar-refractivity contribution in [3.63, 3.8) is 0 Å². The van der Waals surface area contributed by atoms with Gasteiger partial charge < -0.3 is 16.0 Å². The fraction of sp³-hybridized carbons (Fsp3) is 0.364. The number of carbonyl (C=O) groups excluding carboxylic acids is 2. The van der Waals surface area contributed by atoms with Gasteiger partial charge in [0.25, 0.3) is 11.4 Å². The first kappa shape index (κ1) is 23.8. The highest BCUT2D eigenvalue weighted by Gasteiger charge is 2.37. The minimum absolute atomic E-state index is 0.0160. The minimum atomic E-state index is -0.485. The van der Waals surface area contributed by atoms with Crippen molar-refractivity contribution in [3.8, 4) is 0 Å². The molecule has 0 aromatic heterocycles. The number of hydrogen-bond donors (Lipinski definition) is 3. The topological polar surface area (TPSA) is 157 Å². The SMILES string of the molecule is O=C(NCCc1ccc([N+](=O)[O-])cc1)[C@H]1CNC[C@@H]1C(=O)NCCc1ccc([N+](=O)[O-])cc1. The second kappa shape index (κ2) is 11.1. The molecule has 174 valence electrons. The number of hydrogen-bond acceptors (Lipinski definition) is 7. The smallest absolute Gasteiger partial charge is 0.269 e. The normalized spacial score (nSPS) is 17.3. The van der Waals surface area contributed by atoms with Crippen LogP contribution in [0.3, 0.4) is 0 Å². The van der Waals surface area contributed by atoms with Crippen LogP contribution in [0.5, 0.6) is 0 Å². The Morgan fingerprint density at radius 3 is 1.45 bits per heavy atom. The second-order valence-electron chi connectivity index (χ2n) is 7.80. The largest absolute Gasteiger partial charge is 0.355 e. The summed E-state index contributed by atoms with van der Waals surface area (Å²) in [6.07, 6.45) is 1.05. The van der Waals surface area contributed by atoms with E-state index in [1.807, 2.05) is 0 Å². The number of non-ortho nitro benzene ring substituents is 2. The highest BCUT2D eigenvalue weighted by atomic mass is 16.6. The van der Waals surface area contributed by atoms with E-state index in [1.165, 1.54) is 24.3 Å². The molecule has 0 radical (unpaired) electrons. The van der Waals surface area contributed by atoms with Crippen molar-refractivity contribution in [2.24, 2.45) is 11.8 Å². The Hall–Kier alpha value is -3.86. The third-order valence-corrected chi connectivity index (χ3v) is 5.61. The van der Waals surface area contributed by atoms with E-state index in [-0.39, 0.29) is 23.2 Å². The number of nitrogens with zero attached hydrogens (tertiary/aromatic N) is 2. The lowest BCUT2D eigenvalue weighted by atomic mass is 9.94. The standard InChI is InChI=1S/C22H25N5O6/c28-21(24-11-9-15-1-5-17(6-2-15)26(30)31)19-13-23-14-20(19)22(29)25-12-10-16-3-7-18(8-4-16)27(32)33/h1-8,19-20,23H,9-14H2,(H,24,28)(H,25,29)/t19-,20-/m0/s1. The fourth-order valence-electron chi connectivity index (χ4n) is 3.72. The molecule has 2 aromatic rings. The summed E-state index contributed by atoms with van der Waals surface area (Å²) >= 11 is 0. The summed E-state index contributed by atoms with van der Waals surface area (Å²) in [4.78, 5) is 45.7. The molecule has 0 aliphatic carbocycles. The Morgan fingerprint density at radius 1 is 0.758 bits per heavy atom. The summed E-state index contributed by atoms with van der Waals surface area (Å²) in [5.41, 5.74) is 1.77. The number of amides is 2. The van der Waals surface area contributed by atoms with Crippen LogP contribution in [0.15, 0.2) is 48.5 Å². The molecule has 1 aliphatic heterocycles. The van der Waals surface area contributed by atoms with E-state index in [1.54, 1.807) is 24.3 Å². The van der Waals surface area contributed by atoms with Crippen molar-refractivity contribution >= 4 is 23.2 Å². The van der Waals surface area contributed by atoms with Gasteiger partial charge in [0, 0.05) is 50.4 Å². The summed E-state index contributed by atoms with van der Waals surface area (Å²) in [5, 5.41) is 30.2. The first-order valence-corrected chi connectivity index (χ1v) is 10.6. The predicted octanol–water partition coefficient (Wildman–Crippen LogP) is 1.36. The summed E-state index contributed by atoms with van der Waals surface area (Å²) in [6, 6.07) is 12.3. The van der Waals surface area contributed by atoms with Crippen molar-refractivity contribution < 1.29 is 19.4 Å². The van der Waals surface area contributed by atoms with Crippen molar-refractivity contribution in [2.75, 3.05) is 26.2 Å². The molecule has 11 heteroatoms. The zero-order chi connectivity index (χ0) is 23.8. The highest BCUT2D eigenvalue weighted by molar-refractivity contribution is 5.88. The Balaban J connectivity index is 1.42. The van der Waals surface area contributed by atoms with Crippen LogP contribution < -0.4 is 16.0 Å². The van der Waals surface area contributed by atoms with Gasteiger partial charge in [0.1, 0.15) is 0 Å². The lowest BCUT2D eigenvalue weighted by Crippen LogP contribution is -2.42. The van der Waals surface area contributed by atoms with Gasteiger partial charge in [0.05, 0.1) is 21.7 Å². The minimum Gasteiger partial charge on any atom is -0.355 e. The van der Waals surface area contributed by atoms with Gasteiger partial charge in [-0.2, -0.15) is 0 Å². The first-order chi connectivity index (χ1) is 15.8. The molecule has 2 aromatic carbocycles. The average Bonchev–Trinajstić information content (AvgIpc) is 3.30. The Labute approximate surface area is 189 Å². The zero-order valence-corrected chi connectivity index (χ0v) is 17.9. The molecular weight excluding hydrogens is 430 g/mol. The summed E-state index contributed by atoms with van der Waals surface area (Å²) in [6.45, 7) is 1.54. The molecule has 1 heterocycles. The van der Waals surface area contributed by atoms with Crippen LogP contribution in [0.2, 0.25) is 0 Å². The predicted molar refractivity (Wildman–Crippen MR) is 119 cm³/mol. The average molecular weight is 455 g/mol. The third kappa shape index (κ3) is 6.56. The Kier molecular flexibility index (Phi) is 8.03. The van der Waals surface area contributed by atoms with Gasteiger partial charge in [-0.1, -0.05) is 24.3 Å². The van der Waals surface area contributed by atoms with Crippen LogP contribution in [0, 0.1) is 32.1 Å². The summed E-state index contributed by atoms with van der Waals surface area (Å²) in [5.74, 6) is -1.39. The lowest BCUT2D eigenvalue weighted by Gasteiger charge is -2.18. The monoisotopic (exact) mass is 455 g/mol. The summed E-state index contributed by atoms with van der Waals surface area (Å²) in [7, 11) is 0. The van der Waals surface area contributed by atoms with Crippen molar-refractivity contribution in [1.82, 2.24) is 16.0 Å². The molecular formula is C22H25N5O6. The van der Waals surface area contributed by atoms with Crippen molar-refractivity contribution in [2.45, 2.75) is 12.8 Å². The highest BCUT2D eigenvalue weighted by Crippen LogP contribution is 2.18. The zero-order valence-electron chi connectivity index (χ0n) is 17.9. The van der Waals surface area contributed by atoms with E-state index < -0.39 is 21.7 Å². The van der Waals surface area contributed by atoms with Crippen molar-refractivity contribution in [1.29, 1.82) is 0 Å². The third-order valence-electron chi connectivity index (χ3n) is 5.61. The molecule has 1 fully saturated rings. The Morgan fingerprint density at radius 2 is 1.12 bits per heavy atom. The second-order valence-corrected chi connectivity index (χ2v) is 7.80. The van der Waals surface area contributed by atoms with Crippen LogP contribution >= 0.6 is 0 Å². The van der Waals surface area contributed by atoms with Gasteiger partial charge in [0.2, 0.25) is 11.8 Å². The molecule has 0 bridgehead atoms. The molecule has 11 nitrogen and oxygen atoms in total. The van der Waals surface area contributed by atoms with Gasteiger partial charge in [-0.05, 0) is 24.0 Å². The van der Waals surface area contributed by atoms with Crippen LogP contribution in [-0.2, 0) is 22.4 Å². The number of nitrogens with one attached hydrogen (secondary N) is 3. The van der Waals surface area contributed by atoms with Gasteiger partial charge in [-0.25, -0.2) is 0 Å². The quantitative estimate of drug-likeness (QED) is 0.361. The van der Waals surface area contributed by atoms with Crippen LogP contribution in [-0.4, -0.2) is 47.8 Å². The molecule has 3 rings (SSSR count). The fourth-order valence-corrected chi connectivity index (χ4v) is 3.72. The maximum atomic E-state index is 12.6. The van der Waals surface area contributed by atoms with Crippen molar-refractivity contribution in [3.05, 3.63) is 79.9 Å². The van der Waals surface area contributed by atoms with E-state index in [0.717, 1.165) is 11.1 Å². The lowest BCUT2D eigenvalue weighted by molar-refractivity contribution is -0.385. The molecule has 2 amide bonds. The molecule has 0 spiro atoms. The van der Waals surface area contributed by atoms with Crippen LogP contribution in [0.1, 0.15) is 11.1 Å². The number of benzene rings is 2. The number of carbonyl (C=O) groups is 2. The van der Waals surface area contributed by atoms with Gasteiger partial charge in [-0.3, -0.25) is 29.8 Å². The molecule has 1 aliphatic rings. The molecule has 1 saturated heterocycles. The number of rotatable bonds is 10. The van der Waals surface area contributed by atoms with E-state index in [0.29, 0.717) is 39.0 Å². The number of nitro groups is 2. The molecule has 0 saturated carbocycles. The maximum Gasteiger partial charge on any atom is 0.269 e.